The molecule has 1 aromatic heterocycles. The molecule has 1 heterocycles. The molecule has 2 rings (SSSR count). The third-order valence-electron chi connectivity index (χ3n) is 2.80. The Hall–Kier alpha value is -0.830. The van der Waals surface area contributed by atoms with E-state index in [2.05, 4.69) is 31.1 Å². The molecule has 1 saturated carbocycles. The summed E-state index contributed by atoms with van der Waals surface area (Å²) in [5, 5.41) is 3.36. The van der Waals surface area contributed by atoms with Gasteiger partial charge in [0.2, 0.25) is 0 Å². The molecule has 0 spiro atoms. The van der Waals surface area contributed by atoms with Crippen LogP contribution in [0.15, 0.2) is 10.8 Å². The van der Waals surface area contributed by atoms with Crippen LogP contribution in [0.5, 0.6) is 0 Å². The molecule has 2 unspecified atom stereocenters. The average molecular weight is 194 g/mol. The first-order chi connectivity index (χ1) is 6.68. The van der Waals surface area contributed by atoms with E-state index in [9.17, 15) is 0 Å². The van der Waals surface area contributed by atoms with Gasteiger partial charge in [-0.3, -0.25) is 0 Å². The second-order valence-electron chi connectivity index (χ2n) is 4.52. The van der Waals surface area contributed by atoms with Crippen LogP contribution in [0, 0.1) is 5.92 Å². The quantitative estimate of drug-likeness (QED) is 0.799. The van der Waals surface area contributed by atoms with Crippen molar-refractivity contribution in [1.29, 1.82) is 0 Å². The number of aromatic nitrogens is 1. The number of rotatable bonds is 4. The van der Waals surface area contributed by atoms with Gasteiger partial charge in [0.25, 0.3) is 0 Å². The van der Waals surface area contributed by atoms with Gasteiger partial charge >= 0.3 is 0 Å². The lowest BCUT2D eigenvalue weighted by atomic mass is 10.2. The van der Waals surface area contributed by atoms with E-state index in [4.69, 9.17) is 4.42 Å². The molecule has 0 aromatic carbocycles. The van der Waals surface area contributed by atoms with Gasteiger partial charge in [0.1, 0.15) is 5.76 Å². The van der Waals surface area contributed by atoms with Crippen molar-refractivity contribution in [1.82, 2.24) is 10.3 Å². The first-order valence-corrected chi connectivity index (χ1v) is 5.34. The molecule has 0 amide bonds. The highest BCUT2D eigenvalue weighted by molar-refractivity contribution is 5.19. The SMILES string of the molecule is CC(C)NCc1ncoc1C1CC1C. The highest BCUT2D eigenvalue weighted by atomic mass is 16.3. The molecule has 1 N–H and O–H groups in total. The summed E-state index contributed by atoms with van der Waals surface area (Å²) in [7, 11) is 0. The van der Waals surface area contributed by atoms with Crippen LogP contribution in [0.3, 0.4) is 0 Å². The van der Waals surface area contributed by atoms with Crippen molar-refractivity contribution >= 4 is 0 Å². The molecule has 0 saturated heterocycles. The minimum Gasteiger partial charge on any atom is -0.448 e. The summed E-state index contributed by atoms with van der Waals surface area (Å²) < 4.78 is 5.44. The van der Waals surface area contributed by atoms with Crippen molar-refractivity contribution in [3.8, 4) is 0 Å². The average Bonchev–Trinajstić information content (AvgIpc) is 2.68. The molecule has 78 valence electrons. The summed E-state index contributed by atoms with van der Waals surface area (Å²) in [5.41, 5.74) is 1.09. The molecule has 0 aliphatic heterocycles. The van der Waals surface area contributed by atoms with Crippen LogP contribution in [0.25, 0.3) is 0 Å². The number of nitrogens with one attached hydrogen (secondary N) is 1. The van der Waals surface area contributed by atoms with Crippen LogP contribution in [0.4, 0.5) is 0 Å². The Morgan fingerprint density at radius 1 is 1.64 bits per heavy atom. The monoisotopic (exact) mass is 194 g/mol. The van der Waals surface area contributed by atoms with Crippen LogP contribution in [-0.2, 0) is 6.54 Å². The number of oxazole rings is 1. The number of hydrogen-bond acceptors (Lipinski definition) is 3. The van der Waals surface area contributed by atoms with Gasteiger partial charge in [-0.1, -0.05) is 20.8 Å². The molecule has 14 heavy (non-hydrogen) atoms. The summed E-state index contributed by atoms with van der Waals surface area (Å²) in [6.07, 6.45) is 2.82. The molecule has 1 aliphatic rings. The summed E-state index contributed by atoms with van der Waals surface area (Å²) in [6.45, 7) is 7.36. The molecule has 3 nitrogen and oxygen atoms in total. The van der Waals surface area contributed by atoms with E-state index < -0.39 is 0 Å². The summed E-state index contributed by atoms with van der Waals surface area (Å²) >= 11 is 0. The Balaban J connectivity index is 1.99. The summed E-state index contributed by atoms with van der Waals surface area (Å²) in [5.74, 6) is 2.51. The van der Waals surface area contributed by atoms with Crippen molar-refractivity contribution in [3.05, 3.63) is 17.8 Å². The van der Waals surface area contributed by atoms with Gasteiger partial charge in [-0.2, -0.15) is 0 Å². The van der Waals surface area contributed by atoms with Crippen molar-refractivity contribution in [3.63, 3.8) is 0 Å². The van der Waals surface area contributed by atoms with Gasteiger partial charge in [0, 0.05) is 18.5 Å². The van der Waals surface area contributed by atoms with E-state index in [1.165, 1.54) is 6.42 Å². The van der Waals surface area contributed by atoms with Crippen LogP contribution in [0.2, 0.25) is 0 Å². The summed E-state index contributed by atoms with van der Waals surface area (Å²) in [6, 6.07) is 0.496. The van der Waals surface area contributed by atoms with E-state index in [1.54, 1.807) is 6.39 Å². The van der Waals surface area contributed by atoms with E-state index >= 15 is 0 Å². The molecular formula is C11H18N2O. The Bertz CT molecular complexity index is 306. The third kappa shape index (κ3) is 1.98. The van der Waals surface area contributed by atoms with Crippen molar-refractivity contribution in [2.45, 2.75) is 45.7 Å². The van der Waals surface area contributed by atoms with Gasteiger partial charge < -0.3 is 9.73 Å². The lowest BCUT2D eigenvalue weighted by Gasteiger charge is -2.06. The van der Waals surface area contributed by atoms with E-state index in [0.29, 0.717) is 12.0 Å². The topological polar surface area (TPSA) is 38.1 Å². The molecule has 1 fully saturated rings. The lowest BCUT2D eigenvalue weighted by molar-refractivity contribution is 0.492. The Morgan fingerprint density at radius 2 is 2.36 bits per heavy atom. The van der Waals surface area contributed by atoms with Gasteiger partial charge in [0.15, 0.2) is 6.39 Å². The van der Waals surface area contributed by atoms with Crippen LogP contribution in [0.1, 0.15) is 44.6 Å². The molecular weight excluding hydrogens is 176 g/mol. The maximum absolute atomic E-state index is 5.44. The largest absolute Gasteiger partial charge is 0.448 e. The highest BCUT2D eigenvalue weighted by Crippen LogP contribution is 2.47. The maximum Gasteiger partial charge on any atom is 0.181 e. The van der Waals surface area contributed by atoms with Crippen LogP contribution < -0.4 is 5.32 Å². The molecule has 0 bridgehead atoms. The van der Waals surface area contributed by atoms with Gasteiger partial charge in [0.05, 0.1) is 5.69 Å². The standard InChI is InChI=1S/C11H18N2O/c1-7(2)12-5-10-11(14-6-13-10)9-4-8(9)3/h6-9,12H,4-5H2,1-3H3. The fraction of sp³-hybridized carbons (Fsp3) is 0.727. The third-order valence-corrected chi connectivity index (χ3v) is 2.80. The van der Waals surface area contributed by atoms with E-state index in [1.807, 2.05) is 0 Å². The number of hydrogen-bond donors (Lipinski definition) is 1. The Kier molecular flexibility index (Phi) is 2.59. The minimum absolute atomic E-state index is 0.496. The first kappa shape index (κ1) is 9.71. The van der Waals surface area contributed by atoms with E-state index in [0.717, 1.165) is 23.9 Å². The molecule has 2 atom stereocenters. The Labute approximate surface area is 84.9 Å². The fourth-order valence-electron chi connectivity index (χ4n) is 1.70. The highest BCUT2D eigenvalue weighted by Gasteiger charge is 2.38. The lowest BCUT2D eigenvalue weighted by Crippen LogP contribution is -2.22. The maximum atomic E-state index is 5.44. The Morgan fingerprint density at radius 3 is 2.93 bits per heavy atom. The van der Waals surface area contributed by atoms with Crippen molar-refractivity contribution in [2.24, 2.45) is 5.92 Å². The van der Waals surface area contributed by atoms with E-state index in [-0.39, 0.29) is 0 Å². The molecule has 0 radical (unpaired) electrons. The minimum atomic E-state index is 0.496. The van der Waals surface area contributed by atoms with Crippen molar-refractivity contribution < 1.29 is 4.42 Å². The van der Waals surface area contributed by atoms with Crippen molar-refractivity contribution in [2.75, 3.05) is 0 Å². The van der Waals surface area contributed by atoms with Gasteiger partial charge in [-0.15, -0.1) is 0 Å². The van der Waals surface area contributed by atoms with Crippen LogP contribution in [-0.4, -0.2) is 11.0 Å². The van der Waals surface area contributed by atoms with Gasteiger partial charge in [-0.25, -0.2) is 4.98 Å². The zero-order chi connectivity index (χ0) is 10.1. The molecule has 1 aromatic rings. The number of nitrogens with zero attached hydrogens (tertiary/aromatic N) is 1. The molecule has 3 heteroatoms. The fourth-order valence-corrected chi connectivity index (χ4v) is 1.70. The zero-order valence-electron chi connectivity index (χ0n) is 9.08. The zero-order valence-corrected chi connectivity index (χ0v) is 9.08. The predicted molar refractivity (Wildman–Crippen MR) is 55.0 cm³/mol. The second-order valence-corrected chi connectivity index (χ2v) is 4.52. The predicted octanol–water partition coefficient (Wildman–Crippen LogP) is 2.30. The molecule has 1 aliphatic carbocycles. The second kappa shape index (κ2) is 3.73. The summed E-state index contributed by atoms with van der Waals surface area (Å²) in [4.78, 5) is 4.25. The van der Waals surface area contributed by atoms with Gasteiger partial charge in [-0.05, 0) is 12.3 Å². The van der Waals surface area contributed by atoms with Crippen LogP contribution >= 0.6 is 0 Å². The smallest absolute Gasteiger partial charge is 0.181 e. The first-order valence-electron chi connectivity index (χ1n) is 5.34. The normalized spacial score (nSPS) is 25.7.